The van der Waals surface area contributed by atoms with Crippen molar-refractivity contribution >= 4 is 34.0 Å². The molecule has 0 aliphatic carbocycles. The predicted molar refractivity (Wildman–Crippen MR) is 95.2 cm³/mol. The van der Waals surface area contributed by atoms with E-state index in [2.05, 4.69) is 15.6 Å². The average molecular weight is 373 g/mol. The number of hydrogen-bond acceptors (Lipinski definition) is 4. The molecule has 0 radical (unpaired) electrons. The maximum Gasteiger partial charge on any atom is 0.275 e. The molecule has 0 unspecified atom stereocenters. The van der Waals surface area contributed by atoms with E-state index in [1.807, 2.05) is 30.3 Å². The highest BCUT2D eigenvalue weighted by Crippen LogP contribution is 2.19. The number of hydrogen-bond donors (Lipinski definition) is 2. The van der Waals surface area contributed by atoms with Gasteiger partial charge in [-0.15, -0.1) is 11.3 Å². The molecule has 8 heteroatoms. The first-order valence-corrected chi connectivity index (χ1v) is 8.45. The summed E-state index contributed by atoms with van der Waals surface area (Å²) in [5, 5.41) is 6.52. The van der Waals surface area contributed by atoms with Crippen molar-refractivity contribution in [2.75, 3.05) is 10.6 Å². The van der Waals surface area contributed by atoms with Gasteiger partial charge in [-0.05, 0) is 17.7 Å². The van der Waals surface area contributed by atoms with E-state index in [0.717, 1.165) is 35.1 Å². The number of halogens is 2. The molecule has 0 bridgehead atoms. The van der Waals surface area contributed by atoms with Crippen LogP contribution in [0.5, 0.6) is 0 Å². The lowest BCUT2D eigenvalue weighted by atomic mass is 10.1. The normalized spacial score (nSPS) is 10.4. The minimum Gasteiger partial charge on any atom is -0.318 e. The second kappa shape index (κ2) is 7.83. The molecule has 5 nitrogen and oxygen atoms in total. The van der Waals surface area contributed by atoms with Crippen LogP contribution in [0.3, 0.4) is 0 Å². The zero-order chi connectivity index (χ0) is 18.5. The molecule has 0 aliphatic rings. The molecule has 2 N–H and O–H groups in total. The maximum absolute atomic E-state index is 13.6. The molecule has 2 aromatic carbocycles. The van der Waals surface area contributed by atoms with E-state index < -0.39 is 17.5 Å². The highest BCUT2D eigenvalue weighted by atomic mass is 32.1. The highest BCUT2D eigenvalue weighted by molar-refractivity contribution is 7.14. The number of carbonyl (C=O) groups excluding carboxylic acids is 2. The molecule has 1 heterocycles. The molecule has 2 amide bonds. The van der Waals surface area contributed by atoms with Gasteiger partial charge < -0.3 is 10.6 Å². The molecule has 1 aromatic heterocycles. The number of nitrogens with zero attached hydrogens (tertiary/aromatic N) is 1. The van der Waals surface area contributed by atoms with Crippen molar-refractivity contribution in [3.8, 4) is 0 Å². The molecular formula is C18H13F2N3O2S. The van der Waals surface area contributed by atoms with Crippen LogP contribution >= 0.6 is 11.3 Å². The fraction of sp³-hybridized carbons (Fsp3) is 0.0556. The van der Waals surface area contributed by atoms with E-state index in [1.165, 1.54) is 5.38 Å². The number of amides is 2. The molecule has 3 aromatic rings. The van der Waals surface area contributed by atoms with Gasteiger partial charge in [0.05, 0.1) is 12.1 Å². The lowest BCUT2D eigenvalue weighted by molar-refractivity contribution is -0.115. The Hall–Kier alpha value is -3.13. The molecule has 0 aliphatic heterocycles. The maximum atomic E-state index is 13.6. The van der Waals surface area contributed by atoms with Crippen molar-refractivity contribution in [1.82, 2.24) is 4.98 Å². The molecule has 0 fully saturated rings. The molecule has 26 heavy (non-hydrogen) atoms. The molecule has 3 rings (SSSR count). The average Bonchev–Trinajstić information content (AvgIpc) is 3.07. The summed E-state index contributed by atoms with van der Waals surface area (Å²) in [6.07, 6.45) is 0.177. The number of carbonyl (C=O) groups is 2. The molecule has 0 saturated carbocycles. The van der Waals surface area contributed by atoms with Crippen molar-refractivity contribution in [3.63, 3.8) is 0 Å². The zero-order valence-electron chi connectivity index (χ0n) is 13.3. The number of thiazole rings is 1. The Morgan fingerprint density at radius 2 is 1.81 bits per heavy atom. The number of benzene rings is 2. The third-order valence-corrected chi connectivity index (χ3v) is 4.13. The Morgan fingerprint density at radius 3 is 2.58 bits per heavy atom. The lowest BCUT2D eigenvalue weighted by Crippen LogP contribution is -2.16. The summed E-state index contributed by atoms with van der Waals surface area (Å²) in [6.45, 7) is 0. The van der Waals surface area contributed by atoms with Crippen LogP contribution in [0.4, 0.5) is 19.6 Å². The van der Waals surface area contributed by atoms with Crippen molar-refractivity contribution in [2.45, 2.75) is 6.42 Å². The first kappa shape index (κ1) is 17.7. The van der Waals surface area contributed by atoms with E-state index in [4.69, 9.17) is 0 Å². The molecular weight excluding hydrogens is 360 g/mol. The quantitative estimate of drug-likeness (QED) is 0.714. The van der Waals surface area contributed by atoms with Crippen molar-refractivity contribution in [3.05, 3.63) is 76.8 Å². The topological polar surface area (TPSA) is 71.1 Å². The van der Waals surface area contributed by atoms with Gasteiger partial charge in [-0.2, -0.15) is 0 Å². The Kier molecular flexibility index (Phi) is 5.33. The number of rotatable bonds is 5. The van der Waals surface area contributed by atoms with E-state index in [9.17, 15) is 18.4 Å². The van der Waals surface area contributed by atoms with Gasteiger partial charge in [0.2, 0.25) is 5.91 Å². The Balaban J connectivity index is 1.62. The number of anilines is 2. The summed E-state index contributed by atoms with van der Waals surface area (Å²) in [5.74, 6) is -2.40. The van der Waals surface area contributed by atoms with E-state index in [0.29, 0.717) is 0 Å². The summed E-state index contributed by atoms with van der Waals surface area (Å²) < 4.78 is 26.7. The second-order valence-corrected chi connectivity index (χ2v) is 6.18. The summed E-state index contributed by atoms with van der Waals surface area (Å²) in [6, 6.07) is 11.9. The number of aromatic nitrogens is 1. The fourth-order valence-corrected chi connectivity index (χ4v) is 2.87. The van der Waals surface area contributed by atoms with Gasteiger partial charge in [0.1, 0.15) is 17.3 Å². The predicted octanol–water partition coefficient (Wildman–Crippen LogP) is 3.85. The van der Waals surface area contributed by atoms with Crippen molar-refractivity contribution in [1.29, 1.82) is 0 Å². The van der Waals surface area contributed by atoms with Crippen LogP contribution < -0.4 is 10.6 Å². The largest absolute Gasteiger partial charge is 0.318 e. The minimum absolute atomic E-state index is 0.00586. The number of nitrogens with one attached hydrogen (secondary N) is 2. The van der Waals surface area contributed by atoms with E-state index in [1.54, 1.807) is 0 Å². The summed E-state index contributed by atoms with van der Waals surface area (Å²) in [5.41, 5.74) is 0.562. The van der Waals surface area contributed by atoms with Crippen LogP contribution in [0.25, 0.3) is 0 Å². The van der Waals surface area contributed by atoms with Crippen LogP contribution in [0, 0.1) is 11.6 Å². The molecule has 0 saturated heterocycles. The first-order valence-electron chi connectivity index (χ1n) is 7.57. The van der Waals surface area contributed by atoms with Gasteiger partial charge in [0.25, 0.3) is 5.91 Å². The smallest absolute Gasteiger partial charge is 0.275 e. The van der Waals surface area contributed by atoms with Gasteiger partial charge in [0.15, 0.2) is 5.13 Å². The Labute approximate surface area is 151 Å². The molecule has 0 spiro atoms. The van der Waals surface area contributed by atoms with Crippen LogP contribution in [0.2, 0.25) is 0 Å². The second-order valence-electron chi connectivity index (χ2n) is 5.33. The van der Waals surface area contributed by atoms with Crippen LogP contribution in [0.15, 0.2) is 53.9 Å². The van der Waals surface area contributed by atoms with Crippen molar-refractivity contribution in [2.24, 2.45) is 0 Å². The van der Waals surface area contributed by atoms with Gasteiger partial charge >= 0.3 is 0 Å². The summed E-state index contributed by atoms with van der Waals surface area (Å²) in [7, 11) is 0. The van der Waals surface area contributed by atoms with Gasteiger partial charge in [-0.1, -0.05) is 30.3 Å². The highest BCUT2D eigenvalue weighted by Gasteiger charge is 2.15. The first-order chi connectivity index (χ1) is 12.5. The molecule has 0 atom stereocenters. The minimum atomic E-state index is -0.758. The standard InChI is InChI=1S/C18H13F2N3O2S/c19-12-6-7-13(20)14(9-12)21-17(25)15-10-26-18(22-15)23-16(24)8-11-4-2-1-3-5-11/h1-7,9-10H,8H2,(H,21,25)(H,22,23,24). The van der Waals surface area contributed by atoms with E-state index in [-0.39, 0.29) is 28.8 Å². The molecule has 132 valence electrons. The summed E-state index contributed by atoms with van der Waals surface area (Å²) >= 11 is 1.06. The SMILES string of the molecule is O=C(Cc1ccccc1)Nc1nc(C(=O)Nc2cc(F)ccc2F)cs1. The van der Waals surface area contributed by atoms with E-state index >= 15 is 0 Å². The van der Waals surface area contributed by atoms with Gasteiger partial charge in [0, 0.05) is 11.4 Å². The zero-order valence-corrected chi connectivity index (χ0v) is 14.1. The third kappa shape index (κ3) is 4.48. The fourth-order valence-electron chi connectivity index (χ4n) is 2.16. The monoisotopic (exact) mass is 373 g/mol. The Bertz CT molecular complexity index is 945. The van der Waals surface area contributed by atoms with Crippen LogP contribution in [0.1, 0.15) is 16.1 Å². The van der Waals surface area contributed by atoms with Crippen molar-refractivity contribution < 1.29 is 18.4 Å². The lowest BCUT2D eigenvalue weighted by Gasteiger charge is -2.04. The third-order valence-electron chi connectivity index (χ3n) is 3.37. The van der Waals surface area contributed by atoms with Crippen LogP contribution in [-0.4, -0.2) is 16.8 Å². The van der Waals surface area contributed by atoms with Gasteiger partial charge in [-0.3, -0.25) is 9.59 Å². The summed E-state index contributed by atoms with van der Waals surface area (Å²) in [4.78, 5) is 28.1. The van der Waals surface area contributed by atoms with Gasteiger partial charge in [-0.25, -0.2) is 13.8 Å². The Morgan fingerprint density at radius 1 is 1.04 bits per heavy atom. The van der Waals surface area contributed by atoms with Crippen LogP contribution in [-0.2, 0) is 11.2 Å².